The maximum Gasteiger partial charge on any atom is 0.359 e. The highest BCUT2D eigenvalue weighted by Gasteiger charge is 2.14. The van der Waals surface area contributed by atoms with Gasteiger partial charge in [0.05, 0.1) is 6.61 Å². The van der Waals surface area contributed by atoms with E-state index in [0.29, 0.717) is 18.7 Å². The van der Waals surface area contributed by atoms with E-state index in [4.69, 9.17) is 14.6 Å². The van der Waals surface area contributed by atoms with Gasteiger partial charge in [0.25, 0.3) is 0 Å². The van der Waals surface area contributed by atoms with Crippen LogP contribution in [0, 0.1) is 0 Å². The standard InChI is InChI=1S/C13H18N2O4/c16-6-1-7-18-9-19-13(17)12-3-2-10-8-14-5-4-11(10)15-12/h2-3,14,16H,1,4-9H2. The topological polar surface area (TPSA) is 80.7 Å². The summed E-state index contributed by atoms with van der Waals surface area (Å²) in [6.07, 6.45) is 1.35. The summed E-state index contributed by atoms with van der Waals surface area (Å²) >= 11 is 0. The Labute approximate surface area is 111 Å². The zero-order valence-electron chi connectivity index (χ0n) is 10.7. The van der Waals surface area contributed by atoms with Crippen molar-refractivity contribution in [2.24, 2.45) is 0 Å². The molecule has 0 unspecified atom stereocenters. The number of fused-ring (bicyclic) bond motifs is 1. The third-order valence-electron chi connectivity index (χ3n) is 2.85. The second-order valence-corrected chi connectivity index (χ2v) is 4.26. The van der Waals surface area contributed by atoms with Gasteiger partial charge in [-0.25, -0.2) is 9.78 Å². The second-order valence-electron chi connectivity index (χ2n) is 4.26. The largest absolute Gasteiger partial charge is 0.434 e. The number of hydrogen-bond donors (Lipinski definition) is 2. The molecule has 0 bridgehead atoms. The fraction of sp³-hybridized carbons (Fsp3) is 0.538. The Morgan fingerprint density at radius 1 is 1.47 bits per heavy atom. The highest BCUT2D eigenvalue weighted by molar-refractivity contribution is 5.87. The van der Waals surface area contributed by atoms with Gasteiger partial charge < -0.3 is 19.9 Å². The van der Waals surface area contributed by atoms with Gasteiger partial charge in [0.15, 0.2) is 6.79 Å². The molecule has 1 aromatic heterocycles. The number of nitrogens with one attached hydrogen (secondary N) is 1. The minimum Gasteiger partial charge on any atom is -0.434 e. The highest BCUT2D eigenvalue weighted by atomic mass is 16.7. The maximum absolute atomic E-state index is 11.7. The Hall–Kier alpha value is -1.50. The molecule has 0 aromatic carbocycles. The lowest BCUT2D eigenvalue weighted by Crippen LogP contribution is -2.25. The number of carbonyl (C=O) groups is 1. The lowest BCUT2D eigenvalue weighted by atomic mass is 10.1. The van der Waals surface area contributed by atoms with E-state index < -0.39 is 5.97 Å². The lowest BCUT2D eigenvalue weighted by Gasteiger charge is -2.16. The number of aliphatic hydroxyl groups is 1. The van der Waals surface area contributed by atoms with E-state index in [1.54, 1.807) is 6.07 Å². The van der Waals surface area contributed by atoms with Crippen molar-refractivity contribution in [3.63, 3.8) is 0 Å². The summed E-state index contributed by atoms with van der Waals surface area (Å²) in [6.45, 7) is 1.99. The van der Waals surface area contributed by atoms with E-state index >= 15 is 0 Å². The van der Waals surface area contributed by atoms with Gasteiger partial charge in [-0.1, -0.05) is 6.07 Å². The Morgan fingerprint density at radius 3 is 3.21 bits per heavy atom. The molecule has 2 heterocycles. The van der Waals surface area contributed by atoms with Crippen molar-refractivity contribution in [2.75, 3.05) is 26.6 Å². The molecule has 0 atom stereocenters. The minimum atomic E-state index is -0.481. The van der Waals surface area contributed by atoms with Crippen molar-refractivity contribution in [1.29, 1.82) is 0 Å². The third kappa shape index (κ3) is 3.99. The number of aliphatic hydroxyl groups excluding tert-OH is 1. The average Bonchev–Trinajstić information content (AvgIpc) is 2.46. The van der Waals surface area contributed by atoms with Crippen LogP contribution in [0.25, 0.3) is 0 Å². The van der Waals surface area contributed by atoms with Gasteiger partial charge in [0, 0.05) is 31.8 Å². The minimum absolute atomic E-state index is 0.0638. The van der Waals surface area contributed by atoms with Crippen molar-refractivity contribution in [3.05, 3.63) is 29.1 Å². The SMILES string of the molecule is O=C(OCOCCCO)c1ccc2c(n1)CCNC2. The summed E-state index contributed by atoms with van der Waals surface area (Å²) in [5.41, 5.74) is 2.39. The van der Waals surface area contributed by atoms with E-state index in [0.717, 1.165) is 30.8 Å². The van der Waals surface area contributed by atoms with Crippen LogP contribution in [0.15, 0.2) is 12.1 Å². The van der Waals surface area contributed by atoms with E-state index in [-0.39, 0.29) is 13.4 Å². The van der Waals surface area contributed by atoms with Crippen molar-refractivity contribution in [1.82, 2.24) is 10.3 Å². The number of rotatable bonds is 6. The van der Waals surface area contributed by atoms with Gasteiger partial charge in [0.1, 0.15) is 5.69 Å². The van der Waals surface area contributed by atoms with Crippen LogP contribution in [0.4, 0.5) is 0 Å². The molecule has 104 valence electrons. The molecule has 0 saturated carbocycles. The van der Waals surface area contributed by atoms with Crippen LogP contribution in [0.3, 0.4) is 0 Å². The van der Waals surface area contributed by atoms with Crippen LogP contribution in [-0.2, 0) is 22.4 Å². The molecular formula is C13H18N2O4. The summed E-state index contributed by atoms with van der Waals surface area (Å²) in [5, 5.41) is 11.8. The van der Waals surface area contributed by atoms with Gasteiger partial charge in [-0.05, 0) is 18.1 Å². The van der Waals surface area contributed by atoms with Gasteiger partial charge >= 0.3 is 5.97 Å². The van der Waals surface area contributed by atoms with Crippen molar-refractivity contribution >= 4 is 5.97 Å². The van der Waals surface area contributed by atoms with Gasteiger partial charge in [0.2, 0.25) is 0 Å². The molecule has 1 aromatic rings. The van der Waals surface area contributed by atoms with Gasteiger partial charge in [-0.15, -0.1) is 0 Å². The number of aromatic nitrogens is 1. The van der Waals surface area contributed by atoms with Crippen LogP contribution in [0.5, 0.6) is 0 Å². The van der Waals surface area contributed by atoms with E-state index in [1.165, 1.54) is 0 Å². The Bertz CT molecular complexity index is 437. The van der Waals surface area contributed by atoms with Crippen LogP contribution in [-0.4, -0.2) is 42.6 Å². The average molecular weight is 266 g/mol. The molecule has 6 heteroatoms. The van der Waals surface area contributed by atoms with Crippen LogP contribution in [0.2, 0.25) is 0 Å². The highest BCUT2D eigenvalue weighted by Crippen LogP contribution is 2.12. The first-order valence-electron chi connectivity index (χ1n) is 6.36. The fourth-order valence-corrected chi connectivity index (χ4v) is 1.85. The zero-order chi connectivity index (χ0) is 13.5. The molecule has 1 aliphatic rings. The second kappa shape index (κ2) is 7.18. The smallest absolute Gasteiger partial charge is 0.359 e. The van der Waals surface area contributed by atoms with Crippen molar-refractivity contribution in [3.8, 4) is 0 Å². The summed E-state index contributed by atoms with van der Waals surface area (Å²) in [6, 6.07) is 3.57. The van der Waals surface area contributed by atoms with E-state index in [2.05, 4.69) is 10.3 Å². The quantitative estimate of drug-likeness (QED) is 0.436. The summed E-state index contributed by atoms with van der Waals surface area (Å²) < 4.78 is 9.98. The molecule has 0 radical (unpaired) electrons. The third-order valence-corrected chi connectivity index (χ3v) is 2.85. The van der Waals surface area contributed by atoms with Crippen LogP contribution >= 0.6 is 0 Å². The molecule has 6 nitrogen and oxygen atoms in total. The normalized spacial score (nSPS) is 13.9. The van der Waals surface area contributed by atoms with E-state index in [9.17, 15) is 4.79 Å². The van der Waals surface area contributed by atoms with Crippen molar-refractivity contribution < 1.29 is 19.4 Å². The molecule has 1 aliphatic heterocycles. The van der Waals surface area contributed by atoms with Gasteiger partial charge in [-0.2, -0.15) is 0 Å². The summed E-state index contributed by atoms with van der Waals surface area (Å²) in [4.78, 5) is 16.1. The van der Waals surface area contributed by atoms with Crippen LogP contribution < -0.4 is 5.32 Å². The lowest BCUT2D eigenvalue weighted by molar-refractivity contribution is -0.0344. The number of hydrogen-bond acceptors (Lipinski definition) is 6. The molecule has 0 saturated heterocycles. The maximum atomic E-state index is 11.7. The first-order chi connectivity index (χ1) is 9.31. The number of esters is 1. The van der Waals surface area contributed by atoms with Gasteiger partial charge in [-0.3, -0.25) is 0 Å². The Kier molecular flexibility index (Phi) is 5.26. The molecule has 2 N–H and O–H groups in total. The predicted octanol–water partition coefficient (Wildman–Crippen LogP) is 0.241. The first-order valence-corrected chi connectivity index (χ1v) is 6.36. The summed E-state index contributed by atoms with van der Waals surface area (Å²) in [7, 11) is 0. The molecule has 0 fully saturated rings. The number of nitrogens with zero attached hydrogens (tertiary/aromatic N) is 1. The molecule has 0 aliphatic carbocycles. The molecular weight excluding hydrogens is 248 g/mol. The molecule has 0 spiro atoms. The summed E-state index contributed by atoms with van der Waals surface area (Å²) in [5.74, 6) is -0.481. The fourth-order valence-electron chi connectivity index (χ4n) is 1.85. The molecule has 2 rings (SSSR count). The van der Waals surface area contributed by atoms with E-state index in [1.807, 2.05) is 6.07 Å². The zero-order valence-corrected chi connectivity index (χ0v) is 10.7. The molecule has 0 amide bonds. The van der Waals surface area contributed by atoms with Crippen molar-refractivity contribution in [2.45, 2.75) is 19.4 Å². The number of carbonyl (C=O) groups excluding carboxylic acids is 1. The molecule has 19 heavy (non-hydrogen) atoms. The Balaban J connectivity index is 1.85. The number of pyridine rings is 1. The predicted molar refractivity (Wildman–Crippen MR) is 67.6 cm³/mol. The number of ether oxygens (including phenoxy) is 2. The Morgan fingerprint density at radius 2 is 2.37 bits per heavy atom. The first kappa shape index (κ1) is 13.9. The van der Waals surface area contributed by atoms with Crippen LogP contribution in [0.1, 0.15) is 28.2 Å². The monoisotopic (exact) mass is 266 g/mol.